The van der Waals surface area contributed by atoms with Gasteiger partial charge in [0.2, 0.25) is 0 Å². The van der Waals surface area contributed by atoms with E-state index < -0.39 is 5.41 Å². The van der Waals surface area contributed by atoms with Gasteiger partial charge in [-0.25, -0.2) is 0 Å². The molecule has 1 saturated heterocycles. The van der Waals surface area contributed by atoms with Gasteiger partial charge in [-0.2, -0.15) is 0 Å². The third kappa shape index (κ3) is 2.33. The molecule has 17 heavy (non-hydrogen) atoms. The van der Waals surface area contributed by atoms with E-state index in [1.54, 1.807) is 0 Å². The van der Waals surface area contributed by atoms with Crippen LogP contribution in [0, 0.1) is 11.3 Å². The first kappa shape index (κ1) is 12.8. The summed E-state index contributed by atoms with van der Waals surface area (Å²) >= 11 is 0. The summed E-state index contributed by atoms with van der Waals surface area (Å²) in [5.41, 5.74) is -0.408. The lowest BCUT2D eigenvalue weighted by molar-refractivity contribution is -0.191. The van der Waals surface area contributed by atoms with E-state index in [-0.39, 0.29) is 11.8 Å². The van der Waals surface area contributed by atoms with Gasteiger partial charge in [-0.05, 0) is 32.6 Å². The monoisotopic (exact) mass is 242 g/mol. The lowest BCUT2D eigenvalue weighted by Crippen LogP contribution is -2.42. The lowest BCUT2D eigenvalue weighted by atomic mass is 9.70. The maximum atomic E-state index is 11.8. The summed E-state index contributed by atoms with van der Waals surface area (Å²) in [5, 5.41) is 0. The summed E-state index contributed by atoms with van der Waals surface area (Å²) < 4.78 is 16.3. The van der Waals surface area contributed by atoms with Crippen LogP contribution in [-0.2, 0) is 19.0 Å². The van der Waals surface area contributed by atoms with Crippen molar-refractivity contribution in [3.8, 4) is 0 Å². The highest BCUT2D eigenvalue weighted by atomic mass is 16.7. The molecule has 0 amide bonds. The standard InChI is InChI=1S/C13H22O4/c1-12(2,11(14)15-3)10-4-6-13(7-5-10)16-8-9-17-13/h10H,4-9H2,1-3H3. The molecule has 0 aromatic heterocycles. The third-order valence-corrected chi connectivity index (χ3v) is 4.29. The quantitative estimate of drug-likeness (QED) is 0.696. The Hall–Kier alpha value is -0.610. The van der Waals surface area contributed by atoms with Gasteiger partial charge in [0.25, 0.3) is 0 Å². The number of ether oxygens (including phenoxy) is 3. The van der Waals surface area contributed by atoms with Gasteiger partial charge in [-0.3, -0.25) is 4.79 Å². The summed E-state index contributed by atoms with van der Waals surface area (Å²) in [6.45, 7) is 5.34. The van der Waals surface area contributed by atoms with E-state index in [0.717, 1.165) is 25.7 Å². The van der Waals surface area contributed by atoms with Crippen LogP contribution in [0.2, 0.25) is 0 Å². The summed E-state index contributed by atoms with van der Waals surface area (Å²) in [6.07, 6.45) is 3.69. The van der Waals surface area contributed by atoms with Crippen LogP contribution in [0.15, 0.2) is 0 Å². The van der Waals surface area contributed by atoms with Crippen molar-refractivity contribution in [2.24, 2.45) is 11.3 Å². The predicted octanol–water partition coefficient (Wildman–Crippen LogP) is 2.12. The van der Waals surface area contributed by atoms with E-state index in [4.69, 9.17) is 14.2 Å². The molecule has 0 N–H and O–H groups in total. The summed E-state index contributed by atoms with van der Waals surface area (Å²) in [7, 11) is 1.46. The molecule has 98 valence electrons. The van der Waals surface area contributed by atoms with Gasteiger partial charge in [0.05, 0.1) is 25.7 Å². The molecule has 0 unspecified atom stereocenters. The summed E-state index contributed by atoms with van der Waals surface area (Å²) in [4.78, 5) is 11.8. The second-order valence-electron chi connectivity index (χ2n) is 5.60. The fourth-order valence-corrected chi connectivity index (χ4v) is 2.99. The molecule has 1 heterocycles. The molecule has 0 aromatic carbocycles. The Kier molecular flexibility index (Phi) is 3.46. The van der Waals surface area contributed by atoms with Gasteiger partial charge in [0.15, 0.2) is 5.79 Å². The minimum absolute atomic E-state index is 0.119. The van der Waals surface area contributed by atoms with Gasteiger partial charge >= 0.3 is 5.97 Å². The fourth-order valence-electron chi connectivity index (χ4n) is 2.99. The first-order chi connectivity index (χ1) is 8.00. The Morgan fingerprint density at radius 1 is 1.24 bits per heavy atom. The van der Waals surface area contributed by atoms with Gasteiger partial charge in [0.1, 0.15) is 0 Å². The second-order valence-corrected chi connectivity index (χ2v) is 5.60. The van der Waals surface area contributed by atoms with Crippen molar-refractivity contribution in [1.82, 2.24) is 0 Å². The number of carbonyl (C=O) groups excluding carboxylic acids is 1. The molecule has 1 spiro atoms. The van der Waals surface area contributed by atoms with Crippen LogP contribution in [0.3, 0.4) is 0 Å². The highest BCUT2D eigenvalue weighted by Gasteiger charge is 2.46. The molecule has 4 heteroatoms. The molecule has 2 rings (SSSR count). The maximum absolute atomic E-state index is 11.8. The highest BCUT2D eigenvalue weighted by Crippen LogP contribution is 2.45. The number of methoxy groups -OCH3 is 1. The Morgan fingerprint density at radius 3 is 2.24 bits per heavy atom. The highest BCUT2D eigenvalue weighted by molar-refractivity contribution is 5.76. The topological polar surface area (TPSA) is 44.8 Å². The fraction of sp³-hybridized carbons (Fsp3) is 0.923. The zero-order valence-corrected chi connectivity index (χ0v) is 11.0. The van der Waals surface area contributed by atoms with Crippen LogP contribution >= 0.6 is 0 Å². The molecule has 0 bridgehead atoms. The van der Waals surface area contributed by atoms with Crippen LogP contribution in [0.5, 0.6) is 0 Å². The Bertz CT molecular complexity index is 282. The van der Waals surface area contributed by atoms with E-state index in [1.807, 2.05) is 13.8 Å². The molecule has 1 aliphatic carbocycles. The molecule has 1 aliphatic heterocycles. The molecular weight excluding hydrogens is 220 g/mol. The lowest BCUT2D eigenvalue weighted by Gasteiger charge is -2.40. The molecule has 4 nitrogen and oxygen atoms in total. The average Bonchev–Trinajstić information content (AvgIpc) is 2.77. The number of rotatable bonds is 2. The van der Waals surface area contributed by atoms with Crippen LogP contribution in [-0.4, -0.2) is 32.1 Å². The van der Waals surface area contributed by atoms with Crippen LogP contribution in [0.1, 0.15) is 39.5 Å². The number of carbonyl (C=O) groups is 1. The van der Waals surface area contributed by atoms with Crippen LogP contribution in [0.4, 0.5) is 0 Å². The van der Waals surface area contributed by atoms with Crippen molar-refractivity contribution in [1.29, 1.82) is 0 Å². The smallest absolute Gasteiger partial charge is 0.311 e. The van der Waals surface area contributed by atoms with Crippen LogP contribution in [0.25, 0.3) is 0 Å². The Balaban J connectivity index is 1.96. The van der Waals surface area contributed by atoms with Crippen molar-refractivity contribution in [3.63, 3.8) is 0 Å². The van der Waals surface area contributed by atoms with Crippen LogP contribution < -0.4 is 0 Å². The molecule has 0 radical (unpaired) electrons. The van der Waals surface area contributed by atoms with Gasteiger partial charge < -0.3 is 14.2 Å². The summed E-state index contributed by atoms with van der Waals surface area (Å²) in [5.74, 6) is -0.108. The minimum atomic E-state index is -0.408. The number of hydrogen-bond acceptors (Lipinski definition) is 4. The van der Waals surface area contributed by atoms with Crippen molar-refractivity contribution >= 4 is 5.97 Å². The molecule has 2 aliphatic rings. The molecular formula is C13H22O4. The van der Waals surface area contributed by atoms with E-state index in [9.17, 15) is 4.79 Å². The Labute approximate surface area is 103 Å². The zero-order chi connectivity index (χ0) is 12.5. The van der Waals surface area contributed by atoms with Crippen molar-refractivity contribution in [2.45, 2.75) is 45.3 Å². The maximum Gasteiger partial charge on any atom is 0.311 e. The normalized spacial score (nSPS) is 25.1. The van der Waals surface area contributed by atoms with E-state index in [1.165, 1.54) is 7.11 Å². The molecule has 1 saturated carbocycles. The van der Waals surface area contributed by atoms with Crippen molar-refractivity contribution in [2.75, 3.05) is 20.3 Å². The van der Waals surface area contributed by atoms with Crippen molar-refractivity contribution < 1.29 is 19.0 Å². The predicted molar refractivity (Wildman–Crippen MR) is 62.4 cm³/mol. The minimum Gasteiger partial charge on any atom is -0.469 e. The van der Waals surface area contributed by atoms with Gasteiger partial charge in [-0.1, -0.05) is 0 Å². The largest absolute Gasteiger partial charge is 0.469 e. The second kappa shape index (κ2) is 4.58. The summed E-state index contributed by atoms with van der Waals surface area (Å²) in [6, 6.07) is 0. The number of esters is 1. The molecule has 0 atom stereocenters. The SMILES string of the molecule is COC(=O)C(C)(C)C1CCC2(CC1)OCCO2. The first-order valence-corrected chi connectivity index (χ1v) is 6.36. The zero-order valence-electron chi connectivity index (χ0n) is 11.0. The first-order valence-electron chi connectivity index (χ1n) is 6.36. The van der Waals surface area contributed by atoms with Gasteiger partial charge in [-0.15, -0.1) is 0 Å². The van der Waals surface area contributed by atoms with Crippen molar-refractivity contribution in [3.05, 3.63) is 0 Å². The molecule has 0 aromatic rings. The van der Waals surface area contributed by atoms with E-state index in [0.29, 0.717) is 19.1 Å². The Morgan fingerprint density at radius 2 is 1.76 bits per heavy atom. The average molecular weight is 242 g/mol. The van der Waals surface area contributed by atoms with E-state index >= 15 is 0 Å². The molecule has 2 fully saturated rings. The third-order valence-electron chi connectivity index (χ3n) is 4.29. The number of hydrogen-bond donors (Lipinski definition) is 0. The van der Waals surface area contributed by atoms with Gasteiger partial charge in [0, 0.05) is 12.8 Å². The van der Waals surface area contributed by atoms with E-state index in [2.05, 4.69) is 0 Å².